The van der Waals surface area contributed by atoms with Crippen LogP contribution in [0.2, 0.25) is 0 Å². The predicted octanol–water partition coefficient (Wildman–Crippen LogP) is 1.81. The quantitative estimate of drug-likeness (QED) is 0.831. The molecule has 1 aliphatic heterocycles. The molecule has 0 unspecified atom stereocenters. The number of nitrogens with one attached hydrogen (secondary N) is 2. The second-order valence-corrected chi connectivity index (χ2v) is 4.56. The molecule has 1 fully saturated rings. The number of carbonyl (C=O) groups excluding carboxylic acids is 1. The van der Waals surface area contributed by atoms with Gasteiger partial charge in [-0.2, -0.15) is 0 Å². The van der Waals surface area contributed by atoms with Crippen LogP contribution in [0.25, 0.3) is 0 Å². The van der Waals surface area contributed by atoms with Gasteiger partial charge >= 0.3 is 0 Å². The van der Waals surface area contributed by atoms with E-state index in [1.54, 1.807) is 0 Å². The van der Waals surface area contributed by atoms with Gasteiger partial charge in [-0.1, -0.05) is 0 Å². The van der Waals surface area contributed by atoms with E-state index >= 15 is 0 Å². The van der Waals surface area contributed by atoms with Gasteiger partial charge in [0.05, 0.1) is 12.2 Å². The van der Waals surface area contributed by atoms with Gasteiger partial charge in [0.25, 0.3) is 0 Å². The van der Waals surface area contributed by atoms with Crippen molar-refractivity contribution in [3.8, 4) is 0 Å². The molecular formula is C13H15F3N2O2. The van der Waals surface area contributed by atoms with Crippen molar-refractivity contribution in [1.29, 1.82) is 0 Å². The molecular weight excluding hydrogens is 273 g/mol. The summed E-state index contributed by atoms with van der Waals surface area (Å²) in [6.07, 6.45) is 1.43. The number of halogens is 3. The Hall–Kier alpha value is -1.76. The zero-order chi connectivity index (χ0) is 14.5. The van der Waals surface area contributed by atoms with Crippen molar-refractivity contribution in [2.24, 2.45) is 0 Å². The van der Waals surface area contributed by atoms with Crippen LogP contribution in [-0.2, 0) is 9.53 Å². The van der Waals surface area contributed by atoms with Crippen LogP contribution in [-0.4, -0.2) is 31.7 Å². The predicted molar refractivity (Wildman–Crippen MR) is 66.8 cm³/mol. The van der Waals surface area contributed by atoms with Crippen molar-refractivity contribution < 1.29 is 22.7 Å². The van der Waals surface area contributed by atoms with E-state index in [9.17, 15) is 18.0 Å². The standard InChI is InChI=1S/C13H15F3N2O2/c14-8-5-10(15)13(16)11(6-8)17-7-12(19)18-9-1-3-20-4-2-9/h5-6,9,17H,1-4,7H2,(H,18,19). The lowest BCUT2D eigenvalue weighted by molar-refractivity contribution is -0.120. The molecule has 20 heavy (non-hydrogen) atoms. The third kappa shape index (κ3) is 3.86. The zero-order valence-corrected chi connectivity index (χ0v) is 10.7. The van der Waals surface area contributed by atoms with Gasteiger partial charge in [-0.25, -0.2) is 13.2 Å². The number of rotatable bonds is 4. The topological polar surface area (TPSA) is 50.4 Å². The molecule has 0 aliphatic carbocycles. The number of hydrogen-bond acceptors (Lipinski definition) is 3. The van der Waals surface area contributed by atoms with Crippen LogP contribution in [0.4, 0.5) is 18.9 Å². The molecule has 1 amide bonds. The van der Waals surface area contributed by atoms with E-state index in [-0.39, 0.29) is 24.2 Å². The molecule has 0 radical (unpaired) electrons. The van der Waals surface area contributed by atoms with Gasteiger partial charge in [0, 0.05) is 31.4 Å². The smallest absolute Gasteiger partial charge is 0.239 e. The summed E-state index contributed by atoms with van der Waals surface area (Å²) in [5.74, 6) is -3.76. The number of carbonyl (C=O) groups is 1. The third-order valence-electron chi connectivity index (χ3n) is 3.02. The number of anilines is 1. The molecule has 2 rings (SSSR count). The number of ether oxygens (including phenoxy) is 1. The number of benzene rings is 1. The maximum atomic E-state index is 13.3. The molecule has 0 atom stereocenters. The summed E-state index contributed by atoms with van der Waals surface area (Å²) >= 11 is 0. The van der Waals surface area contributed by atoms with Crippen LogP contribution in [0.5, 0.6) is 0 Å². The Morgan fingerprint density at radius 2 is 1.95 bits per heavy atom. The average molecular weight is 288 g/mol. The molecule has 110 valence electrons. The Morgan fingerprint density at radius 1 is 1.25 bits per heavy atom. The minimum atomic E-state index is -1.29. The van der Waals surface area contributed by atoms with E-state index in [0.29, 0.717) is 32.1 Å². The summed E-state index contributed by atoms with van der Waals surface area (Å²) in [6, 6.07) is 1.27. The molecule has 1 heterocycles. The molecule has 1 aliphatic rings. The Labute approximate surface area is 114 Å². The van der Waals surface area contributed by atoms with Gasteiger partial charge in [-0.3, -0.25) is 4.79 Å². The Balaban J connectivity index is 1.86. The van der Waals surface area contributed by atoms with Crippen LogP contribution in [0.1, 0.15) is 12.8 Å². The van der Waals surface area contributed by atoms with E-state index in [2.05, 4.69) is 10.6 Å². The average Bonchev–Trinajstić information content (AvgIpc) is 2.42. The lowest BCUT2D eigenvalue weighted by Crippen LogP contribution is -2.41. The van der Waals surface area contributed by atoms with Gasteiger partial charge in [-0.15, -0.1) is 0 Å². The van der Waals surface area contributed by atoms with E-state index < -0.39 is 17.5 Å². The first-order valence-corrected chi connectivity index (χ1v) is 6.32. The Morgan fingerprint density at radius 3 is 2.65 bits per heavy atom. The Bertz CT molecular complexity index is 491. The highest BCUT2D eigenvalue weighted by atomic mass is 19.2. The normalized spacial score (nSPS) is 15.9. The largest absolute Gasteiger partial charge is 0.381 e. The third-order valence-corrected chi connectivity index (χ3v) is 3.02. The Kier molecular flexibility index (Phi) is 4.84. The van der Waals surface area contributed by atoms with E-state index in [4.69, 9.17) is 4.74 Å². The lowest BCUT2D eigenvalue weighted by atomic mass is 10.1. The summed E-state index contributed by atoms with van der Waals surface area (Å²) in [4.78, 5) is 11.6. The first kappa shape index (κ1) is 14.6. The fourth-order valence-corrected chi connectivity index (χ4v) is 1.98. The summed E-state index contributed by atoms with van der Waals surface area (Å²) in [7, 11) is 0. The minimum absolute atomic E-state index is 0.0205. The molecule has 1 aromatic rings. The van der Waals surface area contributed by atoms with Gasteiger partial charge < -0.3 is 15.4 Å². The number of amides is 1. The van der Waals surface area contributed by atoms with Crippen molar-refractivity contribution in [3.63, 3.8) is 0 Å². The van der Waals surface area contributed by atoms with Gasteiger partial charge in [0.15, 0.2) is 11.6 Å². The van der Waals surface area contributed by atoms with E-state index in [1.807, 2.05) is 0 Å². The van der Waals surface area contributed by atoms with Crippen LogP contribution < -0.4 is 10.6 Å². The van der Waals surface area contributed by atoms with Crippen LogP contribution in [0.3, 0.4) is 0 Å². The molecule has 0 saturated carbocycles. The van der Waals surface area contributed by atoms with Crippen LogP contribution >= 0.6 is 0 Å². The van der Waals surface area contributed by atoms with Crippen molar-refractivity contribution in [2.45, 2.75) is 18.9 Å². The SMILES string of the molecule is O=C(CNc1cc(F)cc(F)c1F)NC1CCOCC1. The second kappa shape index (κ2) is 6.60. The fraction of sp³-hybridized carbons (Fsp3) is 0.462. The van der Waals surface area contributed by atoms with Crippen molar-refractivity contribution >= 4 is 11.6 Å². The van der Waals surface area contributed by atoms with Crippen LogP contribution in [0.15, 0.2) is 12.1 Å². The molecule has 4 nitrogen and oxygen atoms in total. The maximum absolute atomic E-state index is 13.3. The van der Waals surface area contributed by atoms with Crippen molar-refractivity contribution in [2.75, 3.05) is 25.1 Å². The van der Waals surface area contributed by atoms with Gasteiger partial charge in [0.1, 0.15) is 5.82 Å². The zero-order valence-electron chi connectivity index (χ0n) is 10.7. The molecule has 7 heteroatoms. The summed E-state index contributed by atoms with van der Waals surface area (Å²) in [5, 5.41) is 5.13. The highest BCUT2D eigenvalue weighted by Gasteiger charge is 2.17. The summed E-state index contributed by atoms with van der Waals surface area (Å²) in [6.45, 7) is 0.918. The van der Waals surface area contributed by atoms with E-state index in [0.717, 1.165) is 6.07 Å². The highest BCUT2D eigenvalue weighted by Crippen LogP contribution is 2.18. The minimum Gasteiger partial charge on any atom is -0.381 e. The monoisotopic (exact) mass is 288 g/mol. The second-order valence-electron chi connectivity index (χ2n) is 4.56. The first-order valence-electron chi connectivity index (χ1n) is 6.32. The van der Waals surface area contributed by atoms with Gasteiger partial charge in [0.2, 0.25) is 5.91 Å². The molecule has 0 aromatic heterocycles. The summed E-state index contributed by atoms with van der Waals surface area (Å²) < 4.78 is 44.4. The maximum Gasteiger partial charge on any atom is 0.239 e. The summed E-state index contributed by atoms with van der Waals surface area (Å²) in [5.41, 5.74) is -0.371. The van der Waals surface area contributed by atoms with Crippen molar-refractivity contribution in [3.05, 3.63) is 29.6 Å². The molecule has 0 spiro atoms. The first-order chi connectivity index (χ1) is 9.56. The fourth-order valence-electron chi connectivity index (χ4n) is 1.98. The van der Waals surface area contributed by atoms with Crippen molar-refractivity contribution in [1.82, 2.24) is 5.32 Å². The van der Waals surface area contributed by atoms with Gasteiger partial charge in [-0.05, 0) is 12.8 Å². The molecule has 0 bridgehead atoms. The van der Waals surface area contributed by atoms with E-state index in [1.165, 1.54) is 0 Å². The molecule has 1 saturated heterocycles. The molecule has 2 N–H and O–H groups in total. The molecule has 1 aromatic carbocycles. The number of hydrogen-bond donors (Lipinski definition) is 2. The lowest BCUT2D eigenvalue weighted by Gasteiger charge is -2.23. The highest BCUT2D eigenvalue weighted by molar-refractivity contribution is 5.81. The van der Waals surface area contributed by atoms with Crippen LogP contribution in [0, 0.1) is 17.5 Å².